The molecule has 0 unspecified atom stereocenters. The molecule has 154 valence electrons. The number of aromatic hydroxyl groups is 1. The van der Waals surface area contributed by atoms with E-state index in [1.54, 1.807) is 37.6 Å². The third kappa shape index (κ3) is 14.3. The maximum Gasteiger partial charge on any atom is 0.115 e. The lowest BCUT2D eigenvalue weighted by Crippen LogP contribution is -2.06. The summed E-state index contributed by atoms with van der Waals surface area (Å²) < 4.78 is 4.85. The monoisotopic (exact) mass is 385 g/mol. The number of anilines is 1. The first-order valence-electron chi connectivity index (χ1n) is 9.18. The van der Waals surface area contributed by atoms with Crippen molar-refractivity contribution in [2.24, 2.45) is 10.3 Å². The van der Waals surface area contributed by atoms with Crippen LogP contribution in [-0.2, 0) is 4.74 Å². The minimum Gasteiger partial charge on any atom is -0.508 e. The Morgan fingerprint density at radius 1 is 1.18 bits per heavy atom. The molecule has 1 N–H and O–H groups in total. The van der Waals surface area contributed by atoms with E-state index in [4.69, 9.17) is 9.84 Å². The number of methoxy groups -OCH3 is 1. The fraction of sp³-hybridized carbons (Fsp3) is 0.304. The zero-order valence-electron chi connectivity index (χ0n) is 17.6. The fourth-order valence-electron chi connectivity index (χ4n) is 1.76. The molecular weight excluding hydrogens is 350 g/mol. The van der Waals surface area contributed by atoms with Crippen LogP contribution in [-0.4, -0.2) is 25.4 Å². The molecule has 0 saturated heterocycles. The van der Waals surface area contributed by atoms with Crippen molar-refractivity contribution in [3.63, 3.8) is 0 Å². The number of phenols is 1. The first kappa shape index (κ1) is 27.3. The molecule has 0 amide bonds. The first-order chi connectivity index (χ1) is 13.6. The minimum absolute atomic E-state index is 0.212. The molecule has 0 aliphatic carbocycles. The second-order valence-electron chi connectivity index (χ2n) is 5.13. The number of benzene rings is 1. The summed E-state index contributed by atoms with van der Waals surface area (Å²) in [6.07, 6.45) is 11.9. The Bertz CT molecular complexity index is 605. The number of hydrogen-bond donors (Lipinski definition) is 1. The van der Waals surface area contributed by atoms with Crippen molar-refractivity contribution >= 4 is 5.69 Å². The fourth-order valence-corrected chi connectivity index (χ4v) is 1.76. The van der Waals surface area contributed by atoms with Gasteiger partial charge in [-0.2, -0.15) is 5.11 Å². The van der Waals surface area contributed by atoms with Gasteiger partial charge in [-0.25, -0.2) is 5.01 Å². The number of phenolic OH excluding ortho intramolecular Hbond substituents is 1. The number of hydrogen-bond acceptors (Lipinski definition) is 4. The van der Waals surface area contributed by atoms with Crippen molar-refractivity contribution in [1.29, 1.82) is 0 Å². The Labute approximate surface area is 170 Å². The van der Waals surface area contributed by atoms with Crippen molar-refractivity contribution in [3.8, 4) is 5.75 Å². The highest BCUT2D eigenvalue weighted by molar-refractivity contribution is 5.49. The van der Waals surface area contributed by atoms with Crippen LogP contribution in [0.3, 0.4) is 0 Å². The van der Waals surface area contributed by atoms with Crippen LogP contribution in [0.2, 0.25) is 0 Å². The molecule has 28 heavy (non-hydrogen) atoms. The molecule has 0 fully saturated rings. The van der Waals surface area contributed by atoms with Gasteiger partial charge in [0, 0.05) is 13.3 Å². The van der Waals surface area contributed by atoms with Crippen LogP contribution < -0.4 is 5.01 Å². The van der Waals surface area contributed by atoms with Crippen LogP contribution in [0.15, 0.2) is 97.0 Å². The lowest BCUT2D eigenvalue weighted by atomic mass is 10.1. The van der Waals surface area contributed by atoms with Gasteiger partial charge in [-0.05, 0) is 42.7 Å². The predicted octanol–water partition coefficient (Wildman–Crippen LogP) is 6.63. The van der Waals surface area contributed by atoms with E-state index in [2.05, 4.69) is 62.7 Å². The number of allylic oxidation sites excluding steroid dienone is 5. The standard InChI is InChI=1S/C11H15N3O2.C10H16.C2H4/c1-3-14(13-12-8-9-16-2)10-4-6-11(15)7-5-10;1-4-7-9-10(6-3)8-5-2;1-2/h3-7,15H,1,8-9H2,2H3;5,7-9H,2,4,6H2,1,3H3;1-2H2/b;9-7-,10-8-;. The molecule has 5 heteroatoms. The van der Waals surface area contributed by atoms with Crippen molar-refractivity contribution in [1.82, 2.24) is 0 Å². The number of rotatable bonds is 10. The van der Waals surface area contributed by atoms with Crippen molar-refractivity contribution in [3.05, 3.63) is 86.7 Å². The highest BCUT2D eigenvalue weighted by Gasteiger charge is 1.99. The molecule has 0 aliphatic rings. The Kier molecular flexibility index (Phi) is 19.9. The topological polar surface area (TPSA) is 57.4 Å². The number of nitrogens with zero attached hydrogens (tertiary/aromatic N) is 3. The van der Waals surface area contributed by atoms with Gasteiger partial charge in [0.15, 0.2) is 0 Å². The van der Waals surface area contributed by atoms with Gasteiger partial charge in [-0.1, -0.05) is 56.5 Å². The third-order valence-electron chi connectivity index (χ3n) is 3.15. The molecule has 1 aromatic carbocycles. The van der Waals surface area contributed by atoms with E-state index in [0.29, 0.717) is 13.2 Å². The lowest BCUT2D eigenvalue weighted by Gasteiger charge is -2.11. The molecule has 0 aliphatic heterocycles. The predicted molar refractivity (Wildman–Crippen MR) is 122 cm³/mol. The van der Waals surface area contributed by atoms with Crippen LogP contribution in [0.1, 0.15) is 26.7 Å². The molecule has 0 spiro atoms. The largest absolute Gasteiger partial charge is 0.508 e. The van der Waals surface area contributed by atoms with Gasteiger partial charge in [-0.3, -0.25) is 0 Å². The van der Waals surface area contributed by atoms with Crippen LogP contribution in [0.25, 0.3) is 0 Å². The van der Waals surface area contributed by atoms with Crippen molar-refractivity contribution in [2.75, 3.05) is 25.3 Å². The molecule has 1 rings (SSSR count). The van der Waals surface area contributed by atoms with Crippen LogP contribution >= 0.6 is 0 Å². The van der Waals surface area contributed by atoms with E-state index in [1.165, 1.54) is 10.6 Å². The van der Waals surface area contributed by atoms with Crippen LogP contribution in [0.5, 0.6) is 5.75 Å². The summed E-state index contributed by atoms with van der Waals surface area (Å²) in [4.78, 5) is 0. The average Bonchev–Trinajstić information content (AvgIpc) is 2.74. The molecule has 0 atom stereocenters. The second kappa shape index (κ2) is 20.4. The first-order valence-corrected chi connectivity index (χ1v) is 9.18. The number of ether oxygens (including phenoxy) is 1. The molecule has 5 nitrogen and oxygen atoms in total. The van der Waals surface area contributed by atoms with Crippen molar-refractivity contribution in [2.45, 2.75) is 26.7 Å². The third-order valence-corrected chi connectivity index (χ3v) is 3.15. The minimum atomic E-state index is 0.212. The SMILES string of the molecule is C=C.C=C/C=C(\C=C/CC)CC.C=CN(N=NCCOC)c1ccc(O)cc1. The van der Waals surface area contributed by atoms with Gasteiger partial charge < -0.3 is 9.84 Å². The lowest BCUT2D eigenvalue weighted by molar-refractivity contribution is 0.206. The zero-order chi connectivity index (χ0) is 21.6. The molecule has 0 heterocycles. The highest BCUT2D eigenvalue weighted by Crippen LogP contribution is 2.18. The van der Waals surface area contributed by atoms with E-state index >= 15 is 0 Å². The Morgan fingerprint density at radius 2 is 1.82 bits per heavy atom. The summed E-state index contributed by atoms with van der Waals surface area (Å²) in [6, 6.07) is 6.62. The van der Waals surface area contributed by atoms with Gasteiger partial charge in [0.1, 0.15) is 5.75 Å². The Balaban J connectivity index is 0. The quantitative estimate of drug-likeness (QED) is 0.162. The Morgan fingerprint density at radius 3 is 2.29 bits per heavy atom. The zero-order valence-corrected chi connectivity index (χ0v) is 17.6. The summed E-state index contributed by atoms with van der Waals surface area (Å²) in [5, 5.41) is 18.5. The molecule has 1 aromatic rings. The van der Waals surface area contributed by atoms with E-state index in [1.807, 2.05) is 12.2 Å². The smallest absolute Gasteiger partial charge is 0.115 e. The summed E-state index contributed by atoms with van der Waals surface area (Å²) in [5.41, 5.74) is 2.13. The summed E-state index contributed by atoms with van der Waals surface area (Å²) >= 11 is 0. The molecule has 0 radical (unpaired) electrons. The van der Waals surface area contributed by atoms with Gasteiger partial charge in [0.2, 0.25) is 0 Å². The molecule has 0 bridgehead atoms. The molecule has 0 aromatic heterocycles. The van der Waals surface area contributed by atoms with Gasteiger partial charge in [-0.15, -0.1) is 13.2 Å². The van der Waals surface area contributed by atoms with Gasteiger partial charge in [0.25, 0.3) is 0 Å². The second-order valence-corrected chi connectivity index (χ2v) is 5.13. The highest BCUT2D eigenvalue weighted by atomic mass is 16.5. The van der Waals surface area contributed by atoms with E-state index in [-0.39, 0.29) is 5.75 Å². The van der Waals surface area contributed by atoms with E-state index < -0.39 is 0 Å². The Hall–Kier alpha value is -2.92. The molecule has 0 saturated carbocycles. The van der Waals surface area contributed by atoms with Crippen LogP contribution in [0.4, 0.5) is 5.69 Å². The molecular formula is C23H35N3O2. The van der Waals surface area contributed by atoms with Gasteiger partial charge in [0.05, 0.1) is 18.8 Å². The van der Waals surface area contributed by atoms with Gasteiger partial charge >= 0.3 is 0 Å². The van der Waals surface area contributed by atoms with E-state index in [0.717, 1.165) is 18.5 Å². The van der Waals surface area contributed by atoms with Crippen molar-refractivity contribution < 1.29 is 9.84 Å². The summed E-state index contributed by atoms with van der Waals surface area (Å²) in [7, 11) is 1.61. The normalized spacial score (nSPS) is 10.6. The maximum absolute atomic E-state index is 9.14. The summed E-state index contributed by atoms with van der Waals surface area (Å²) in [5.74, 6) is 0.212. The van der Waals surface area contributed by atoms with E-state index in [9.17, 15) is 0 Å². The average molecular weight is 386 g/mol. The summed E-state index contributed by atoms with van der Waals surface area (Å²) in [6.45, 7) is 18.6. The maximum atomic E-state index is 9.14. The van der Waals surface area contributed by atoms with Crippen LogP contribution in [0, 0.1) is 0 Å².